The Bertz CT molecular complexity index is 1070. The lowest BCUT2D eigenvalue weighted by Crippen LogP contribution is -2.36. The van der Waals surface area contributed by atoms with Crippen molar-refractivity contribution in [2.24, 2.45) is 5.10 Å². The number of anilines is 1. The Morgan fingerprint density at radius 2 is 1.89 bits per heavy atom. The van der Waals surface area contributed by atoms with Gasteiger partial charge in [-0.05, 0) is 36.8 Å². The highest BCUT2D eigenvalue weighted by atomic mass is 32.2. The Morgan fingerprint density at radius 3 is 2.56 bits per heavy atom. The van der Waals surface area contributed by atoms with Crippen molar-refractivity contribution in [3.05, 3.63) is 53.5 Å². The van der Waals surface area contributed by atoms with Crippen molar-refractivity contribution < 1.29 is 17.5 Å². The van der Waals surface area contributed by atoms with Crippen LogP contribution < -0.4 is 9.99 Å². The number of aryl methyl sites for hydroxylation is 2. The number of nitrogens with zero attached hydrogens (tertiary/aromatic N) is 2. The lowest BCUT2D eigenvalue weighted by atomic mass is 10.2. The summed E-state index contributed by atoms with van der Waals surface area (Å²) < 4.78 is 34.8. The summed E-state index contributed by atoms with van der Waals surface area (Å²) in [6.07, 6.45) is 1.64. The molecule has 1 heterocycles. The van der Waals surface area contributed by atoms with Crippen molar-refractivity contribution in [1.29, 1.82) is 0 Å². The van der Waals surface area contributed by atoms with Gasteiger partial charge in [-0.15, -0.1) is 0 Å². The predicted octanol–water partition coefficient (Wildman–Crippen LogP) is 4.01. The van der Waals surface area contributed by atoms with Crippen LogP contribution in [0.2, 0.25) is 0 Å². The molecule has 27 heavy (non-hydrogen) atoms. The van der Waals surface area contributed by atoms with E-state index in [0.29, 0.717) is 5.69 Å². The summed E-state index contributed by atoms with van der Waals surface area (Å²) in [4.78, 5) is -0.135. The fourth-order valence-electron chi connectivity index (χ4n) is 2.83. The number of aromatic nitrogens is 1. The van der Waals surface area contributed by atoms with Gasteiger partial charge < -0.3 is 0 Å². The van der Waals surface area contributed by atoms with Crippen molar-refractivity contribution >= 4 is 43.1 Å². The molecule has 0 bridgehead atoms. The van der Waals surface area contributed by atoms with Gasteiger partial charge in [-0.3, -0.25) is 9.98 Å². The highest BCUT2D eigenvalue weighted by molar-refractivity contribution is 7.85. The normalized spacial score (nSPS) is 12.5. The minimum absolute atomic E-state index is 0.135. The minimum atomic E-state index is -4.18. The molecule has 0 fully saturated rings. The number of hydrogen-bond donors (Lipinski definition) is 2. The van der Waals surface area contributed by atoms with Crippen LogP contribution in [-0.4, -0.2) is 18.7 Å². The summed E-state index contributed by atoms with van der Waals surface area (Å²) in [6.45, 7) is 5.04. The number of thiazole rings is 1. The average molecular weight is 405 g/mol. The van der Waals surface area contributed by atoms with E-state index in [1.807, 2.05) is 0 Å². The highest BCUT2D eigenvalue weighted by Crippen LogP contribution is 2.19. The number of fused-ring (bicyclic) bond motifs is 1. The zero-order valence-corrected chi connectivity index (χ0v) is 16.8. The van der Waals surface area contributed by atoms with Crippen LogP contribution in [0.5, 0.6) is 0 Å². The number of hydrogen-bond acceptors (Lipinski definition) is 5. The highest BCUT2D eigenvalue weighted by Gasteiger charge is 2.16. The zero-order chi connectivity index (χ0) is 19.4. The van der Waals surface area contributed by atoms with Gasteiger partial charge in [0.15, 0.2) is 6.54 Å². The first-order valence-corrected chi connectivity index (χ1v) is 10.9. The molecule has 0 amide bonds. The number of para-hydroxylation sites is 1. The lowest BCUT2D eigenvalue weighted by molar-refractivity contribution is -0.671. The number of benzene rings is 2. The van der Waals surface area contributed by atoms with E-state index in [4.69, 9.17) is 4.55 Å². The summed E-state index contributed by atoms with van der Waals surface area (Å²) in [5.74, 6) is 0. The van der Waals surface area contributed by atoms with Gasteiger partial charge in [-0.1, -0.05) is 30.4 Å². The third-order valence-electron chi connectivity index (χ3n) is 4.32. The van der Waals surface area contributed by atoms with E-state index in [1.54, 1.807) is 23.5 Å². The fourth-order valence-corrected chi connectivity index (χ4v) is 4.35. The van der Waals surface area contributed by atoms with Gasteiger partial charge in [0.05, 0.1) is 10.6 Å². The van der Waals surface area contributed by atoms with Crippen molar-refractivity contribution in [3.63, 3.8) is 0 Å². The van der Waals surface area contributed by atoms with Gasteiger partial charge in [0.25, 0.3) is 10.1 Å². The van der Waals surface area contributed by atoms with Crippen molar-refractivity contribution in [1.82, 2.24) is 0 Å². The van der Waals surface area contributed by atoms with Crippen LogP contribution in [0.15, 0.2) is 58.5 Å². The first-order chi connectivity index (χ1) is 12.9. The molecular formula is C19H22N3O3S2+. The molecule has 6 nitrogen and oxygen atoms in total. The molecule has 2 N–H and O–H groups in total. The van der Waals surface area contributed by atoms with E-state index in [-0.39, 0.29) is 4.90 Å². The summed E-state index contributed by atoms with van der Waals surface area (Å²) in [7, 11) is -4.18. The van der Waals surface area contributed by atoms with Gasteiger partial charge in [0.2, 0.25) is 10.5 Å². The first kappa shape index (κ1) is 19.5. The van der Waals surface area contributed by atoms with E-state index in [2.05, 4.69) is 53.2 Å². The molecular weight excluding hydrogens is 382 g/mol. The smallest absolute Gasteiger partial charge is 0.282 e. The lowest BCUT2D eigenvalue weighted by Gasteiger charge is -2.05. The Hall–Kier alpha value is -2.29. The molecule has 0 saturated carbocycles. The molecule has 0 aliphatic carbocycles. The molecule has 8 heteroatoms. The van der Waals surface area contributed by atoms with Gasteiger partial charge in [-0.2, -0.15) is 18.1 Å². The van der Waals surface area contributed by atoms with Crippen LogP contribution in [0, 0.1) is 6.92 Å². The summed E-state index contributed by atoms with van der Waals surface area (Å²) in [5, 5.41) is 5.72. The molecule has 1 aromatic heterocycles. The maximum atomic E-state index is 11.1. The number of nitrogens with one attached hydrogen (secondary N) is 1. The zero-order valence-electron chi connectivity index (χ0n) is 15.2. The van der Waals surface area contributed by atoms with Crippen molar-refractivity contribution in [2.45, 2.75) is 38.1 Å². The van der Waals surface area contributed by atoms with Crippen LogP contribution in [0.3, 0.4) is 0 Å². The van der Waals surface area contributed by atoms with Crippen LogP contribution in [0.25, 0.3) is 10.2 Å². The third kappa shape index (κ3) is 4.71. The molecule has 2 aromatic carbocycles. The largest absolute Gasteiger partial charge is 0.294 e. The van der Waals surface area contributed by atoms with Crippen LogP contribution in [-0.2, 0) is 16.7 Å². The van der Waals surface area contributed by atoms with Crippen LogP contribution in [0.1, 0.15) is 24.8 Å². The topological polar surface area (TPSA) is 82.6 Å². The van der Waals surface area contributed by atoms with Crippen LogP contribution in [0.4, 0.5) is 5.69 Å². The molecule has 0 aliphatic heterocycles. The fraction of sp³-hybridized carbons (Fsp3) is 0.263. The van der Waals surface area contributed by atoms with E-state index in [1.165, 1.54) is 27.4 Å². The first-order valence-electron chi connectivity index (χ1n) is 8.65. The van der Waals surface area contributed by atoms with Gasteiger partial charge in [0.1, 0.15) is 4.70 Å². The number of rotatable bonds is 7. The minimum Gasteiger partial charge on any atom is -0.282 e. The molecule has 142 valence electrons. The Labute approximate surface area is 162 Å². The van der Waals surface area contributed by atoms with E-state index in [9.17, 15) is 8.42 Å². The Kier molecular flexibility index (Phi) is 5.88. The van der Waals surface area contributed by atoms with Gasteiger partial charge in [0, 0.05) is 25.1 Å². The summed E-state index contributed by atoms with van der Waals surface area (Å²) in [6, 6.07) is 14.2. The molecule has 0 atom stereocenters. The second kappa shape index (κ2) is 8.16. The molecule has 3 rings (SSSR count). The Morgan fingerprint density at radius 1 is 1.19 bits per heavy atom. The molecule has 0 saturated heterocycles. The maximum Gasteiger partial charge on any atom is 0.294 e. The predicted molar refractivity (Wildman–Crippen MR) is 109 cm³/mol. The third-order valence-corrected chi connectivity index (χ3v) is 6.27. The molecule has 3 aromatic rings. The SMILES string of the molecule is CC/C(CC[n+]1c(C)sc2ccccc21)=N/Nc1ccc(S(=O)(=O)O)cc1. The molecule has 0 radical (unpaired) electrons. The number of hydrazone groups is 1. The summed E-state index contributed by atoms with van der Waals surface area (Å²) in [5.41, 5.74) is 5.89. The second-order valence-corrected chi connectivity index (χ2v) is 8.79. The van der Waals surface area contributed by atoms with Gasteiger partial charge in [-0.25, -0.2) is 0 Å². The molecule has 0 unspecified atom stereocenters. The maximum absolute atomic E-state index is 11.1. The van der Waals surface area contributed by atoms with E-state index in [0.717, 1.165) is 25.1 Å². The quantitative estimate of drug-likeness (QED) is 0.270. The Balaban J connectivity index is 1.69. The molecule has 0 spiro atoms. The standard InChI is InChI=1S/C19H21N3O3S2/c1-3-15(20-21-16-8-10-17(11-9-16)27(23,24)25)12-13-22-14(2)26-19-7-5-4-6-18(19)22/h4-11,21H,3,12-13H2,1-2H3/p+1/b20-15-. The van der Waals surface area contributed by atoms with Crippen LogP contribution >= 0.6 is 11.3 Å². The summed E-state index contributed by atoms with van der Waals surface area (Å²) >= 11 is 1.79. The molecule has 0 aliphatic rings. The monoisotopic (exact) mass is 404 g/mol. The van der Waals surface area contributed by atoms with E-state index >= 15 is 0 Å². The second-order valence-electron chi connectivity index (χ2n) is 6.13. The average Bonchev–Trinajstić information content (AvgIpc) is 2.97. The van der Waals surface area contributed by atoms with Gasteiger partial charge >= 0.3 is 0 Å². The van der Waals surface area contributed by atoms with Crippen molar-refractivity contribution in [2.75, 3.05) is 5.43 Å². The van der Waals surface area contributed by atoms with E-state index < -0.39 is 10.1 Å². The van der Waals surface area contributed by atoms with Crippen molar-refractivity contribution in [3.8, 4) is 0 Å².